The molecule has 58 heavy (non-hydrogen) atoms. The number of hydrogen-bond donors (Lipinski definition) is 0. The Morgan fingerprint density at radius 2 is 1.09 bits per heavy atom. The molecule has 0 amide bonds. The molecule has 0 heterocycles. The van der Waals surface area contributed by atoms with Gasteiger partial charge in [-0.15, -0.1) is 23.1 Å². The summed E-state index contributed by atoms with van der Waals surface area (Å²) < 4.78 is 1.60. The van der Waals surface area contributed by atoms with E-state index in [1.807, 2.05) is 12.2 Å². The quantitative estimate of drug-likeness (QED) is 0.0958. The van der Waals surface area contributed by atoms with Crippen LogP contribution in [0.1, 0.15) is 113 Å². The number of allylic oxidation sites excluding steroid dienone is 4. The summed E-state index contributed by atoms with van der Waals surface area (Å²) in [5.74, 6) is 1.09. The van der Waals surface area contributed by atoms with E-state index < -0.39 is 0 Å². The number of hydrogen-bond acceptors (Lipinski definition) is 0. The van der Waals surface area contributed by atoms with Gasteiger partial charge in [0.15, 0.2) is 0 Å². The van der Waals surface area contributed by atoms with Crippen LogP contribution in [-0.2, 0) is 56.3 Å². The standard InChI is InChI=1S/C37H41.C15H14.C5H5.Zr/c1-5-13-30(21-28-15-9-7-10-16-28)34-24-36-32(19-26(34)3)23-33-20-27(4)35(25-37(33)36)31(14-6-2)22-29-17-11-8-12-18-29;1-3-8-14(9-4-1)12-7-13-15-10-5-2-6-11-15;1-2-4-5-3-1;/h7-12,15-19,24-25,30-31H,5-6,13-14,21-23H2,1-4H3;1-6,8-11H,12-13H2;1-3H,4H2;/q-1;;-1;+2. The Balaban J connectivity index is 0.000000221. The van der Waals surface area contributed by atoms with Crippen LogP contribution in [0.3, 0.4) is 0 Å². The molecule has 0 aliphatic heterocycles. The summed E-state index contributed by atoms with van der Waals surface area (Å²) in [6.07, 6.45) is 20.3. The molecule has 6 aromatic rings. The summed E-state index contributed by atoms with van der Waals surface area (Å²) in [6, 6.07) is 54.9. The van der Waals surface area contributed by atoms with Crippen molar-refractivity contribution in [3.8, 4) is 11.1 Å². The first-order valence-corrected chi connectivity index (χ1v) is 22.8. The Morgan fingerprint density at radius 3 is 1.53 bits per heavy atom. The Bertz CT molecular complexity index is 2070. The molecule has 2 aliphatic rings. The van der Waals surface area contributed by atoms with Gasteiger partial charge in [0, 0.05) is 0 Å². The van der Waals surface area contributed by atoms with E-state index in [1.54, 1.807) is 27.4 Å². The summed E-state index contributed by atoms with van der Waals surface area (Å²) >= 11 is 1.55. The van der Waals surface area contributed by atoms with Crippen molar-refractivity contribution in [1.29, 1.82) is 0 Å². The van der Waals surface area contributed by atoms with Crippen LogP contribution >= 0.6 is 0 Å². The predicted octanol–water partition coefficient (Wildman–Crippen LogP) is 14.4. The third-order valence-corrected chi connectivity index (χ3v) is 12.3. The van der Waals surface area contributed by atoms with Crippen LogP contribution in [0.4, 0.5) is 0 Å². The molecule has 0 bridgehead atoms. The molecule has 0 nitrogen and oxygen atoms in total. The molecule has 0 radical (unpaired) electrons. The molecule has 2 atom stereocenters. The average molecular weight is 836 g/mol. The van der Waals surface area contributed by atoms with Crippen LogP contribution in [0, 0.1) is 26.0 Å². The van der Waals surface area contributed by atoms with Crippen molar-refractivity contribution >= 4 is 3.21 Å². The molecular formula is C57H60Zr. The Labute approximate surface area is 365 Å². The molecule has 0 saturated carbocycles. The van der Waals surface area contributed by atoms with Gasteiger partial charge in [0.2, 0.25) is 0 Å². The summed E-state index contributed by atoms with van der Waals surface area (Å²) in [5.41, 5.74) is 17.3. The van der Waals surface area contributed by atoms with Crippen LogP contribution < -0.4 is 0 Å². The van der Waals surface area contributed by atoms with Crippen molar-refractivity contribution in [2.24, 2.45) is 0 Å². The van der Waals surface area contributed by atoms with Gasteiger partial charge in [-0.1, -0.05) is 124 Å². The summed E-state index contributed by atoms with van der Waals surface area (Å²) in [7, 11) is 0. The fourth-order valence-corrected chi connectivity index (χ4v) is 9.65. The van der Waals surface area contributed by atoms with Crippen molar-refractivity contribution in [2.45, 2.75) is 104 Å². The number of rotatable bonds is 14. The van der Waals surface area contributed by atoms with Crippen LogP contribution in [-0.4, -0.2) is 3.21 Å². The van der Waals surface area contributed by atoms with E-state index in [4.69, 9.17) is 0 Å². The van der Waals surface area contributed by atoms with E-state index >= 15 is 0 Å². The van der Waals surface area contributed by atoms with Crippen molar-refractivity contribution in [3.63, 3.8) is 0 Å². The van der Waals surface area contributed by atoms with Crippen LogP contribution in [0.5, 0.6) is 0 Å². The van der Waals surface area contributed by atoms with E-state index in [2.05, 4.69) is 185 Å². The van der Waals surface area contributed by atoms with Crippen LogP contribution in [0.25, 0.3) is 11.1 Å². The third kappa shape index (κ3) is 12.5. The first-order valence-electron chi connectivity index (χ1n) is 21.5. The van der Waals surface area contributed by atoms with Gasteiger partial charge in [-0.3, -0.25) is 6.08 Å². The Kier molecular flexibility index (Phi) is 16.8. The van der Waals surface area contributed by atoms with Gasteiger partial charge in [0.1, 0.15) is 0 Å². The minimum absolute atomic E-state index is 0.536. The van der Waals surface area contributed by atoms with Gasteiger partial charge < -0.3 is 0 Å². The van der Waals surface area contributed by atoms with E-state index in [0.29, 0.717) is 11.8 Å². The molecule has 0 saturated heterocycles. The molecule has 0 aromatic heterocycles. The molecular weight excluding hydrogens is 776 g/mol. The van der Waals surface area contributed by atoms with Gasteiger partial charge in [0.05, 0.1) is 0 Å². The summed E-state index contributed by atoms with van der Waals surface area (Å²) in [4.78, 5) is 0. The number of aryl methyl sites for hydroxylation is 2. The van der Waals surface area contributed by atoms with Gasteiger partial charge in [-0.2, -0.15) is 23.8 Å². The molecule has 292 valence electrons. The molecule has 6 aromatic carbocycles. The number of fused-ring (bicyclic) bond motifs is 3. The van der Waals surface area contributed by atoms with Gasteiger partial charge in [-0.05, 0) is 66.3 Å². The molecule has 0 N–H and O–H groups in total. The third-order valence-electron chi connectivity index (χ3n) is 11.5. The topological polar surface area (TPSA) is 0 Å². The van der Waals surface area contributed by atoms with Gasteiger partial charge >= 0.3 is 112 Å². The first-order chi connectivity index (χ1) is 28.4. The zero-order chi connectivity index (χ0) is 40.5. The van der Waals surface area contributed by atoms with E-state index in [0.717, 1.165) is 38.5 Å². The van der Waals surface area contributed by atoms with Gasteiger partial charge in [-0.25, -0.2) is 12.2 Å². The fraction of sp³-hybridized carbons (Fsp3) is 0.281. The summed E-state index contributed by atoms with van der Waals surface area (Å²) in [5, 5.41) is 0. The first kappa shape index (κ1) is 43.1. The molecule has 0 fully saturated rings. The normalized spacial score (nSPS) is 13.1. The molecule has 0 spiro atoms. The second kappa shape index (κ2) is 22.6. The molecule has 1 heteroatoms. The number of benzene rings is 6. The fourth-order valence-electron chi connectivity index (χ4n) is 8.65. The predicted molar refractivity (Wildman–Crippen MR) is 245 cm³/mol. The maximum absolute atomic E-state index is 3.86. The molecule has 2 aliphatic carbocycles. The Hall–Kier alpha value is -4.45. The SMILES string of the molecule is CCCC(Cc1ccccc1)c1cc2c([c-]c1C)Cc1cc(C)c(C(CCC)Cc3ccccc3)cc1-2.[C-]1=CC=CC1.[Zr+2]=[C](Cc1ccccc1)Cc1ccccc1. The van der Waals surface area contributed by atoms with Crippen molar-refractivity contribution in [1.82, 2.24) is 0 Å². The zero-order valence-corrected chi connectivity index (χ0v) is 37.7. The van der Waals surface area contributed by atoms with Crippen molar-refractivity contribution in [2.75, 3.05) is 0 Å². The second-order valence-electron chi connectivity index (χ2n) is 16.1. The van der Waals surface area contributed by atoms with Crippen LogP contribution in [0.15, 0.2) is 158 Å². The maximum atomic E-state index is 3.86. The van der Waals surface area contributed by atoms with Crippen molar-refractivity contribution < 1.29 is 24.2 Å². The van der Waals surface area contributed by atoms with E-state index in [1.165, 1.54) is 92.4 Å². The van der Waals surface area contributed by atoms with E-state index in [-0.39, 0.29) is 0 Å². The molecule has 8 rings (SSSR count). The monoisotopic (exact) mass is 834 g/mol. The van der Waals surface area contributed by atoms with Crippen LogP contribution in [0.2, 0.25) is 0 Å². The molecule has 2 unspecified atom stereocenters. The summed E-state index contributed by atoms with van der Waals surface area (Å²) in [6.45, 7) is 9.24. The van der Waals surface area contributed by atoms with E-state index in [9.17, 15) is 0 Å². The average Bonchev–Trinajstić information content (AvgIpc) is 3.94. The van der Waals surface area contributed by atoms with Gasteiger partial charge in [0.25, 0.3) is 0 Å². The zero-order valence-electron chi connectivity index (χ0n) is 35.2. The van der Waals surface area contributed by atoms with Crippen molar-refractivity contribution in [3.05, 3.63) is 226 Å². The minimum atomic E-state index is 0.536. The Morgan fingerprint density at radius 1 is 0.603 bits per heavy atom. The second-order valence-corrected chi connectivity index (χ2v) is 17.8.